The Kier molecular flexibility index (Phi) is 7.36. The Hall–Kier alpha value is -6.00. The Morgan fingerprint density at radius 1 is 0.411 bits per heavy atom. The molecule has 0 radical (unpaired) electrons. The van der Waals surface area contributed by atoms with E-state index in [9.17, 15) is 0 Å². The van der Waals surface area contributed by atoms with Crippen LogP contribution in [-0.2, 0) is 0 Å². The van der Waals surface area contributed by atoms with Gasteiger partial charge in [-0.05, 0) is 94.8 Å². The first-order valence-corrected chi connectivity index (χ1v) is 20.8. The summed E-state index contributed by atoms with van der Waals surface area (Å²) in [6.45, 7) is 0. The molecule has 2 aliphatic rings. The van der Waals surface area contributed by atoms with E-state index in [0.717, 1.165) is 60.8 Å². The summed E-state index contributed by atoms with van der Waals surface area (Å²) in [5, 5.41) is 9.42. The molecular weight excluding hydrogens is 685 g/mol. The molecule has 0 spiro atoms. The molecule has 56 heavy (non-hydrogen) atoms. The predicted octanol–water partition coefficient (Wildman–Crippen LogP) is 15.2. The molecule has 0 saturated heterocycles. The predicted molar refractivity (Wildman–Crippen MR) is 232 cm³/mol. The lowest BCUT2D eigenvalue weighted by atomic mass is 9.82. The minimum absolute atomic E-state index is 0.478. The van der Waals surface area contributed by atoms with Crippen LogP contribution in [0.2, 0.25) is 0 Å². The largest absolute Gasteiger partial charge is 0.456 e. The average Bonchev–Trinajstić information content (AvgIpc) is 3.83. The Morgan fingerprint density at radius 2 is 1.00 bits per heavy atom. The van der Waals surface area contributed by atoms with Crippen molar-refractivity contribution in [2.45, 2.75) is 76.0 Å². The fourth-order valence-electron chi connectivity index (χ4n) is 10.5. The van der Waals surface area contributed by atoms with Gasteiger partial charge in [0, 0.05) is 43.9 Å². The van der Waals surface area contributed by atoms with Gasteiger partial charge in [0.15, 0.2) is 0 Å². The molecule has 3 aromatic heterocycles. The second-order valence-corrected chi connectivity index (χ2v) is 16.5. The van der Waals surface area contributed by atoms with E-state index in [0.29, 0.717) is 11.8 Å². The first-order chi connectivity index (χ1) is 27.7. The highest BCUT2D eigenvalue weighted by Gasteiger charge is 2.25. The summed E-state index contributed by atoms with van der Waals surface area (Å²) < 4.78 is 13.6. The highest BCUT2D eigenvalue weighted by Crippen LogP contribution is 2.46. The van der Waals surface area contributed by atoms with Crippen LogP contribution in [0.5, 0.6) is 0 Å². The molecule has 0 unspecified atom stereocenters. The lowest BCUT2D eigenvalue weighted by Crippen LogP contribution is -2.05. The maximum absolute atomic E-state index is 6.90. The topological polar surface area (TPSA) is 52.1 Å². The van der Waals surface area contributed by atoms with Crippen molar-refractivity contribution in [3.63, 3.8) is 0 Å². The molecule has 0 bridgehead atoms. The Bertz CT molecular complexity index is 3140. The molecule has 10 aromatic rings. The van der Waals surface area contributed by atoms with E-state index >= 15 is 0 Å². The number of hydrogen-bond acceptors (Lipinski definition) is 4. The van der Waals surface area contributed by atoms with Gasteiger partial charge in [0.25, 0.3) is 0 Å². The van der Waals surface area contributed by atoms with Gasteiger partial charge in [0.05, 0.1) is 22.9 Å². The molecule has 2 saturated carbocycles. The number of benzene rings is 7. The summed E-state index contributed by atoms with van der Waals surface area (Å²) in [4.78, 5) is 10.4. The van der Waals surface area contributed by atoms with E-state index in [1.54, 1.807) is 0 Å². The van der Waals surface area contributed by atoms with Gasteiger partial charge >= 0.3 is 0 Å². The number of furan rings is 2. The van der Waals surface area contributed by atoms with Crippen LogP contribution in [-0.4, -0.2) is 9.97 Å². The van der Waals surface area contributed by atoms with Crippen LogP contribution in [0, 0.1) is 0 Å². The van der Waals surface area contributed by atoms with Crippen molar-refractivity contribution in [1.29, 1.82) is 0 Å². The normalized spacial score (nSPS) is 16.1. The lowest BCUT2D eigenvalue weighted by Gasteiger charge is -2.23. The number of hydrogen-bond donors (Lipinski definition) is 0. The third-order valence-corrected chi connectivity index (χ3v) is 13.3. The SMILES string of the molecule is c1cc(-c2cc(C3CCCCC3)c3oc4cc5oc6c(C7CCCCC7)cccc6c5cc4c3c2)cc(-c2cnc3c4ccccc4c4ccccc4c3n2)c1. The first kappa shape index (κ1) is 32.3. The summed E-state index contributed by atoms with van der Waals surface area (Å²) in [7, 11) is 0. The molecule has 4 heteroatoms. The van der Waals surface area contributed by atoms with Crippen LogP contribution in [0.1, 0.15) is 87.2 Å². The third kappa shape index (κ3) is 5.04. The molecule has 0 aliphatic heterocycles. The van der Waals surface area contributed by atoms with Gasteiger partial charge in [-0.15, -0.1) is 0 Å². The van der Waals surface area contributed by atoms with Crippen molar-refractivity contribution in [3.05, 3.63) is 133 Å². The van der Waals surface area contributed by atoms with Crippen molar-refractivity contribution >= 4 is 76.5 Å². The maximum atomic E-state index is 6.90. The zero-order chi connectivity index (χ0) is 36.7. The van der Waals surface area contributed by atoms with Crippen molar-refractivity contribution in [3.8, 4) is 22.4 Å². The summed E-state index contributed by atoms with van der Waals surface area (Å²) >= 11 is 0. The van der Waals surface area contributed by atoms with E-state index in [-0.39, 0.29) is 0 Å². The maximum Gasteiger partial charge on any atom is 0.139 e. The second-order valence-electron chi connectivity index (χ2n) is 16.5. The minimum Gasteiger partial charge on any atom is -0.456 e. The Morgan fingerprint density at radius 3 is 1.73 bits per heavy atom. The molecule has 2 aliphatic carbocycles. The first-order valence-electron chi connectivity index (χ1n) is 20.8. The molecule has 0 atom stereocenters. The fourth-order valence-corrected chi connectivity index (χ4v) is 10.5. The number of nitrogens with zero attached hydrogens (tertiary/aromatic N) is 2. The number of fused-ring (bicyclic) bond motifs is 12. The molecule has 3 heterocycles. The summed E-state index contributed by atoms with van der Waals surface area (Å²) in [6, 6.07) is 42.0. The van der Waals surface area contributed by atoms with Gasteiger partial charge in [-0.25, -0.2) is 4.98 Å². The quantitative estimate of drug-likeness (QED) is 0.169. The summed E-state index contributed by atoms with van der Waals surface area (Å²) in [6.07, 6.45) is 14.6. The molecule has 0 amide bonds. The van der Waals surface area contributed by atoms with E-state index in [1.165, 1.54) is 113 Å². The van der Waals surface area contributed by atoms with Gasteiger partial charge in [-0.3, -0.25) is 4.98 Å². The second kappa shape index (κ2) is 12.8. The van der Waals surface area contributed by atoms with Gasteiger partial charge < -0.3 is 8.83 Å². The van der Waals surface area contributed by atoms with Crippen molar-refractivity contribution in [2.75, 3.05) is 0 Å². The molecule has 7 aromatic carbocycles. The van der Waals surface area contributed by atoms with Gasteiger partial charge in [-0.1, -0.05) is 123 Å². The highest BCUT2D eigenvalue weighted by molar-refractivity contribution is 6.23. The third-order valence-electron chi connectivity index (χ3n) is 13.3. The fraction of sp³-hybridized carbons (Fsp3) is 0.231. The van der Waals surface area contributed by atoms with Gasteiger partial charge in [0.1, 0.15) is 22.3 Å². The number of rotatable bonds is 4. The number of aromatic nitrogens is 2. The van der Waals surface area contributed by atoms with Crippen LogP contribution in [0.15, 0.2) is 130 Å². The van der Waals surface area contributed by atoms with E-state index in [4.69, 9.17) is 18.8 Å². The van der Waals surface area contributed by atoms with Crippen molar-refractivity contribution < 1.29 is 8.83 Å². The Balaban J connectivity index is 1.03. The smallest absolute Gasteiger partial charge is 0.139 e. The van der Waals surface area contributed by atoms with Gasteiger partial charge in [-0.2, -0.15) is 0 Å². The molecule has 0 N–H and O–H groups in total. The summed E-state index contributed by atoms with van der Waals surface area (Å²) in [5.74, 6) is 1.05. The average molecular weight is 727 g/mol. The van der Waals surface area contributed by atoms with Crippen LogP contribution in [0.3, 0.4) is 0 Å². The monoisotopic (exact) mass is 726 g/mol. The molecule has 2 fully saturated rings. The zero-order valence-electron chi connectivity index (χ0n) is 31.5. The van der Waals surface area contributed by atoms with Crippen molar-refractivity contribution in [2.24, 2.45) is 0 Å². The minimum atomic E-state index is 0.478. The lowest BCUT2D eigenvalue weighted by molar-refractivity contribution is 0.442. The standard InChI is InChI=1S/C52H42N2O2/c1-3-13-31(14-4-1)36-23-12-24-41-43-28-44-45-27-35(26-42(32-15-5-2-6-16-32)52(45)56-48(44)29-47(43)55-51(36)41)33-17-11-18-34(25-33)46-30-53-49-39-21-9-7-19-37(39)38-20-8-10-22-40(38)50(49)54-46/h7-12,17-32H,1-6,13-16H2. The molecule has 12 rings (SSSR count). The van der Waals surface area contributed by atoms with E-state index < -0.39 is 0 Å². The van der Waals surface area contributed by atoms with Crippen LogP contribution >= 0.6 is 0 Å². The van der Waals surface area contributed by atoms with Crippen LogP contribution < -0.4 is 0 Å². The number of para-hydroxylation sites is 1. The molecule has 272 valence electrons. The molecular formula is C52H42N2O2. The van der Waals surface area contributed by atoms with Crippen LogP contribution in [0.25, 0.3) is 98.8 Å². The Labute approximate surface area is 325 Å². The van der Waals surface area contributed by atoms with E-state index in [2.05, 4.69) is 115 Å². The highest BCUT2D eigenvalue weighted by atomic mass is 16.3. The summed E-state index contributed by atoms with van der Waals surface area (Å²) in [5.41, 5.74) is 12.8. The van der Waals surface area contributed by atoms with E-state index in [1.807, 2.05) is 6.20 Å². The van der Waals surface area contributed by atoms with Crippen molar-refractivity contribution in [1.82, 2.24) is 9.97 Å². The zero-order valence-corrected chi connectivity index (χ0v) is 31.5. The molecule has 4 nitrogen and oxygen atoms in total. The van der Waals surface area contributed by atoms with Crippen LogP contribution in [0.4, 0.5) is 0 Å². The van der Waals surface area contributed by atoms with Gasteiger partial charge in [0.2, 0.25) is 0 Å².